The Labute approximate surface area is 183 Å². The monoisotopic (exact) mass is 460 g/mol. The third kappa shape index (κ3) is 3.94. The first kappa shape index (κ1) is 20.1. The van der Waals surface area contributed by atoms with Crippen LogP contribution in [-0.4, -0.2) is 10.9 Å². The van der Waals surface area contributed by atoms with Crippen molar-refractivity contribution in [2.75, 3.05) is 4.90 Å². The van der Waals surface area contributed by atoms with Crippen molar-refractivity contribution in [2.45, 2.75) is 20.4 Å². The molecule has 0 radical (unpaired) electrons. The van der Waals surface area contributed by atoms with E-state index in [2.05, 4.69) is 20.9 Å². The number of fused-ring (bicyclic) bond motifs is 1. The number of para-hydroxylation sites is 1. The number of pyridine rings is 1. The van der Waals surface area contributed by atoms with Crippen LogP contribution in [-0.2, 0) is 6.54 Å². The van der Waals surface area contributed by atoms with Gasteiger partial charge < -0.3 is 9.88 Å². The van der Waals surface area contributed by atoms with Crippen LogP contribution in [0.3, 0.4) is 0 Å². The van der Waals surface area contributed by atoms with Crippen molar-refractivity contribution in [3.05, 3.63) is 110 Å². The van der Waals surface area contributed by atoms with E-state index < -0.39 is 0 Å². The standard InChI is InChI=1S/C25H21BrN2O2/c1-16-11-12-17(2)23(13-16)28(25(30)20-8-4-5-9-21(20)26)15-19-14-18-7-3-6-10-22(18)27-24(19)29/h3-14H,15H2,1-2H3,(H,27,29). The minimum absolute atomic E-state index is 0.163. The van der Waals surface area contributed by atoms with E-state index in [0.29, 0.717) is 11.1 Å². The fourth-order valence-corrected chi connectivity index (χ4v) is 3.99. The highest BCUT2D eigenvalue weighted by Crippen LogP contribution is 2.27. The van der Waals surface area contributed by atoms with Crippen molar-refractivity contribution in [3.8, 4) is 0 Å². The molecule has 1 aromatic heterocycles. The lowest BCUT2D eigenvalue weighted by atomic mass is 10.1. The molecule has 4 aromatic rings. The van der Waals surface area contributed by atoms with Crippen LogP contribution in [0.25, 0.3) is 10.9 Å². The predicted molar refractivity (Wildman–Crippen MR) is 125 cm³/mol. The zero-order valence-electron chi connectivity index (χ0n) is 16.8. The topological polar surface area (TPSA) is 53.2 Å². The normalized spacial score (nSPS) is 10.9. The summed E-state index contributed by atoms with van der Waals surface area (Å²) in [6.45, 7) is 4.14. The number of hydrogen-bond acceptors (Lipinski definition) is 2. The number of H-pyrrole nitrogens is 1. The highest BCUT2D eigenvalue weighted by molar-refractivity contribution is 9.10. The predicted octanol–water partition coefficient (Wildman–Crippen LogP) is 5.75. The number of anilines is 1. The lowest BCUT2D eigenvalue weighted by molar-refractivity contribution is 0.0984. The molecule has 1 heterocycles. The fourth-order valence-electron chi connectivity index (χ4n) is 3.54. The van der Waals surface area contributed by atoms with Crippen molar-refractivity contribution < 1.29 is 4.79 Å². The molecule has 0 atom stereocenters. The van der Waals surface area contributed by atoms with Crippen LogP contribution in [0.4, 0.5) is 5.69 Å². The molecule has 0 saturated carbocycles. The van der Waals surface area contributed by atoms with Crippen molar-refractivity contribution in [3.63, 3.8) is 0 Å². The van der Waals surface area contributed by atoms with E-state index >= 15 is 0 Å². The number of benzene rings is 3. The van der Waals surface area contributed by atoms with Gasteiger partial charge in [-0.3, -0.25) is 9.59 Å². The molecule has 150 valence electrons. The number of amides is 1. The van der Waals surface area contributed by atoms with Crippen LogP contribution in [0, 0.1) is 13.8 Å². The quantitative estimate of drug-likeness (QED) is 0.421. The van der Waals surface area contributed by atoms with Gasteiger partial charge >= 0.3 is 0 Å². The summed E-state index contributed by atoms with van der Waals surface area (Å²) < 4.78 is 0.720. The summed E-state index contributed by atoms with van der Waals surface area (Å²) in [6, 6.07) is 22.8. The number of carbonyl (C=O) groups excluding carboxylic acids is 1. The number of rotatable bonds is 4. The number of aryl methyl sites for hydroxylation is 2. The smallest absolute Gasteiger partial charge is 0.259 e. The number of halogens is 1. The molecule has 0 unspecified atom stereocenters. The number of aromatic amines is 1. The Morgan fingerprint density at radius 1 is 0.967 bits per heavy atom. The Bertz CT molecular complexity index is 1310. The Kier molecular flexibility index (Phi) is 5.55. The van der Waals surface area contributed by atoms with Gasteiger partial charge in [-0.1, -0.05) is 42.5 Å². The molecule has 30 heavy (non-hydrogen) atoms. The lowest BCUT2D eigenvalue weighted by Gasteiger charge is -2.25. The van der Waals surface area contributed by atoms with Crippen LogP contribution in [0.2, 0.25) is 0 Å². The zero-order chi connectivity index (χ0) is 21.3. The molecule has 0 spiro atoms. The number of nitrogens with zero attached hydrogens (tertiary/aromatic N) is 1. The van der Waals surface area contributed by atoms with Gasteiger partial charge in [-0.05, 0) is 76.6 Å². The summed E-state index contributed by atoms with van der Waals surface area (Å²) in [4.78, 5) is 31.0. The third-order valence-corrected chi connectivity index (χ3v) is 5.86. The second-order valence-corrected chi connectivity index (χ2v) is 8.23. The van der Waals surface area contributed by atoms with Crippen LogP contribution in [0.1, 0.15) is 27.0 Å². The van der Waals surface area contributed by atoms with Gasteiger partial charge in [0.15, 0.2) is 0 Å². The molecular formula is C25H21BrN2O2. The SMILES string of the molecule is Cc1ccc(C)c(N(Cc2cc3ccccc3[nH]c2=O)C(=O)c2ccccc2Br)c1. The molecule has 1 amide bonds. The largest absolute Gasteiger partial charge is 0.322 e. The van der Waals surface area contributed by atoms with E-state index in [9.17, 15) is 9.59 Å². The van der Waals surface area contributed by atoms with Gasteiger partial charge in [0.25, 0.3) is 11.5 Å². The number of hydrogen-bond donors (Lipinski definition) is 1. The second kappa shape index (κ2) is 8.28. The molecule has 3 aromatic carbocycles. The summed E-state index contributed by atoms with van der Waals surface area (Å²) in [7, 11) is 0. The van der Waals surface area contributed by atoms with Gasteiger partial charge in [-0.2, -0.15) is 0 Å². The fraction of sp³-hybridized carbons (Fsp3) is 0.120. The van der Waals surface area contributed by atoms with Crippen LogP contribution in [0.5, 0.6) is 0 Å². The maximum atomic E-state index is 13.6. The summed E-state index contributed by atoms with van der Waals surface area (Å²) in [5.74, 6) is -0.163. The molecule has 4 rings (SSSR count). The molecule has 0 aliphatic rings. The minimum atomic E-state index is -0.191. The summed E-state index contributed by atoms with van der Waals surface area (Å²) >= 11 is 3.49. The first-order chi connectivity index (χ1) is 14.4. The molecule has 4 nitrogen and oxygen atoms in total. The van der Waals surface area contributed by atoms with Gasteiger partial charge in [0, 0.05) is 21.2 Å². The van der Waals surface area contributed by atoms with Gasteiger partial charge in [0.05, 0.1) is 12.1 Å². The maximum absolute atomic E-state index is 13.6. The van der Waals surface area contributed by atoms with Gasteiger partial charge in [-0.25, -0.2) is 0 Å². The number of nitrogens with one attached hydrogen (secondary N) is 1. The molecule has 1 N–H and O–H groups in total. The van der Waals surface area contributed by atoms with Crippen LogP contribution >= 0.6 is 15.9 Å². The van der Waals surface area contributed by atoms with E-state index in [-0.39, 0.29) is 18.0 Å². The maximum Gasteiger partial charge on any atom is 0.259 e. The first-order valence-electron chi connectivity index (χ1n) is 9.68. The Hall–Kier alpha value is -3.18. The highest BCUT2D eigenvalue weighted by Gasteiger charge is 2.23. The summed E-state index contributed by atoms with van der Waals surface area (Å²) in [5, 5.41) is 0.932. The van der Waals surface area contributed by atoms with Crippen molar-refractivity contribution in [1.82, 2.24) is 4.98 Å². The Balaban J connectivity index is 1.85. The molecule has 5 heteroatoms. The van der Waals surface area contributed by atoms with E-state index in [4.69, 9.17) is 0 Å². The minimum Gasteiger partial charge on any atom is -0.322 e. The van der Waals surface area contributed by atoms with Gasteiger partial charge in [0.2, 0.25) is 0 Å². The van der Waals surface area contributed by atoms with Crippen LogP contribution in [0.15, 0.2) is 82.1 Å². The highest BCUT2D eigenvalue weighted by atomic mass is 79.9. The molecule has 0 fully saturated rings. The zero-order valence-corrected chi connectivity index (χ0v) is 18.4. The van der Waals surface area contributed by atoms with Crippen LogP contribution < -0.4 is 10.5 Å². The van der Waals surface area contributed by atoms with Gasteiger partial charge in [-0.15, -0.1) is 0 Å². The lowest BCUT2D eigenvalue weighted by Crippen LogP contribution is -2.33. The first-order valence-corrected chi connectivity index (χ1v) is 10.5. The van der Waals surface area contributed by atoms with E-state index in [1.807, 2.05) is 80.6 Å². The van der Waals surface area contributed by atoms with E-state index in [0.717, 1.165) is 32.2 Å². The van der Waals surface area contributed by atoms with E-state index in [1.165, 1.54) is 0 Å². The molecule has 0 aliphatic carbocycles. The van der Waals surface area contributed by atoms with Crippen molar-refractivity contribution in [1.29, 1.82) is 0 Å². The average molecular weight is 461 g/mol. The average Bonchev–Trinajstić information content (AvgIpc) is 2.74. The number of aromatic nitrogens is 1. The van der Waals surface area contributed by atoms with Crippen molar-refractivity contribution >= 4 is 38.4 Å². The summed E-state index contributed by atoms with van der Waals surface area (Å²) in [6.07, 6.45) is 0. The second-order valence-electron chi connectivity index (χ2n) is 7.37. The van der Waals surface area contributed by atoms with E-state index in [1.54, 1.807) is 11.0 Å². The number of carbonyl (C=O) groups is 1. The Morgan fingerprint density at radius 3 is 2.50 bits per heavy atom. The molecule has 0 saturated heterocycles. The van der Waals surface area contributed by atoms with Gasteiger partial charge in [0.1, 0.15) is 0 Å². The summed E-state index contributed by atoms with van der Waals surface area (Å²) in [5.41, 5.74) is 4.49. The molecule has 0 aliphatic heterocycles. The Morgan fingerprint density at radius 2 is 1.70 bits per heavy atom. The van der Waals surface area contributed by atoms with Crippen molar-refractivity contribution in [2.24, 2.45) is 0 Å². The third-order valence-electron chi connectivity index (χ3n) is 5.16. The molecule has 0 bridgehead atoms. The molecular weight excluding hydrogens is 440 g/mol.